The van der Waals surface area contributed by atoms with Crippen LogP contribution in [0, 0.1) is 6.92 Å². The van der Waals surface area contributed by atoms with Crippen molar-refractivity contribution >= 4 is 32.7 Å². The molecule has 3 heterocycles. The zero-order valence-corrected chi connectivity index (χ0v) is 14.1. The van der Waals surface area contributed by atoms with Crippen LogP contribution < -0.4 is 5.73 Å². The van der Waals surface area contributed by atoms with Crippen LogP contribution in [0.25, 0.3) is 10.6 Å². The molecule has 3 rings (SSSR count). The van der Waals surface area contributed by atoms with Crippen molar-refractivity contribution in [2.24, 2.45) is 5.73 Å². The van der Waals surface area contributed by atoms with E-state index in [0.717, 1.165) is 28.4 Å². The average molecular weight is 343 g/mol. The van der Waals surface area contributed by atoms with Crippen LogP contribution >= 0.6 is 22.7 Å². The third-order valence-electron chi connectivity index (χ3n) is 3.61. The average Bonchev–Trinajstić information content (AvgIpc) is 3.18. The summed E-state index contributed by atoms with van der Waals surface area (Å²) in [5.74, 6) is 0. The van der Waals surface area contributed by atoms with Crippen LogP contribution in [0.4, 0.5) is 0 Å². The SMILES string of the molecule is Cc1nc(-c2ccc(S(=O)(=O)N3CCCC3CN)s2)cs1. The molecule has 0 saturated carbocycles. The van der Waals surface area contributed by atoms with Crippen LogP contribution in [0.15, 0.2) is 21.7 Å². The molecule has 0 spiro atoms. The lowest BCUT2D eigenvalue weighted by Gasteiger charge is -2.21. The van der Waals surface area contributed by atoms with E-state index in [1.807, 2.05) is 18.4 Å². The maximum absolute atomic E-state index is 12.7. The molecule has 1 atom stereocenters. The summed E-state index contributed by atoms with van der Waals surface area (Å²) in [6, 6.07) is 3.44. The molecule has 0 aliphatic carbocycles. The Morgan fingerprint density at radius 2 is 2.29 bits per heavy atom. The van der Waals surface area contributed by atoms with Gasteiger partial charge in [0, 0.05) is 24.5 Å². The summed E-state index contributed by atoms with van der Waals surface area (Å²) in [6.45, 7) is 2.88. The van der Waals surface area contributed by atoms with Crippen LogP contribution in [0.2, 0.25) is 0 Å². The van der Waals surface area contributed by atoms with Crippen molar-refractivity contribution in [2.75, 3.05) is 13.1 Å². The molecule has 0 aromatic carbocycles. The molecule has 0 bridgehead atoms. The summed E-state index contributed by atoms with van der Waals surface area (Å²) < 4.78 is 27.4. The fraction of sp³-hybridized carbons (Fsp3) is 0.462. The van der Waals surface area contributed by atoms with Gasteiger partial charge in [-0.1, -0.05) is 0 Å². The van der Waals surface area contributed by atoms with E-state index in [-0.39, 0.29) is 6.04 Å². The highest BCUT2D eigenvalue weighted by atomic mass is 32.2. The van der Waals surface area contributed by atoms with Crippen LogP contribution in [-0.2, 0) is 10.0 Å². The van der Waals surface area contributed by atoms with Crippen LogP contribution in [0.5, 0.6) is 0 Å². The molecule has 1 unspecified atom stereocenters. The molecular formula is C13H17N3O2S3. The molecule has 8 heteroatoms. The number of aryl methyl sites for hydroxylation is 1. The highest BCUT2D eigenvalue weighted by Crippen LogP contribution is 2.34. The fourth-order valence-corrected chi connectivity index (χ4v) is 6.34. The minimum Gasteiger partial charge on any atom is -0.329 e. The van der Waals surface area contributed by atoms with Gasteiger partial charge in [0.25, 0.3) is 10.0 Å². The maximum atomic E-state index is 12.7. The number of sulfonamides is 1. The second kappa shape index (κ2) is 5.77. The normalized spacial score (nSPS) is 20.2. The van der Waals surface area contributed by atoms with Gasteiger partial charge < -0.3 is 5.73 Å². The Morgan fingerprint density at radius 3 is 2.95 bits per heavy atom. The minimum absolute atomic E-state index is 0.0675. The fourth-order valence-electron chi connectivity index (χ4n) is 2.55. The van der Waals surface area contributed by atoms with E-state index in [1.165, 1.54) is 11.3 Å². The van der Waals surface area contributed by atoms with E-state index >= 15 is 0 Å². The van der Waals surface area contributed by atoms with Gasteiger partial charge in [-0.3, -0.25) is 0 Å². The topological polar surface area (TPSA) is 76.3 Å². The molecule has 5 nitrogen and oxygen atoms in total. The molecule has 2 aromatic heterocycles. The Kier molecular flexibility index (Phi) is 4.15. The molecule has 0 amide bonds. The summed E-state index contributed by atoms with van der Waals surface area (Å²) in [7, 11) is -3.43. The molecule has 2 aromatic rings. The third kappa shape index (κ3) is 2.78. The Labute approximate surface area is 132 Å². The number of rotatable bonds is 4. The number of hydrogen-bond acceptors (Lipinski definition) is 6. The predicted octanol–water partition coefficient (Wildman–Crippen LogP) is 2.29. The zero-order valence-electron chi connectivity index (χ0n) is 11.7. The van der Waals surface area contributed by atoms with Gasteiger partial charge in [0.05, 0.1) is 15.6 Å². The van der Waals surface area contributed by atoms with Gasteiger partial charge in [0.15, 0.2) is 0 Å². The van der Waals surface area contributed by atoms with Crippen molar-refractivity contribution in [3.63, 3.8) is 0 Å². The number of nitrogens with two attached hydrogens (primary N) is 1. The van der Waals surface area contributed by atoms with Crippen molar-refractivity contribution in [3.05, 3.63) is 22.5 Å². The van der Waals surface area contributed by atoms with Crippen LogP contribution in [-0.4, -0.2) is 36.8 Å². The van der Waals surface area contributed by atoms with Crippen LogP contribution in [0.1, 0.15) is 17.8 Å². The lowest BCUT2D eigenvalue weighted by molar-refractivity contribution is 0.394. The molecule has 114 valence electrons. The van der Waals surface area contributed by atoms with Crippen LogP contribution in [0.3, 0.4) is 0 Å². The van der Waals surface area contributed by atoms with Gasteiger partial charge in [-0.15, -0.1) is 22.7 Å². The van der Waals surface area contributed by atoms with Gasteiger partial charge in [0.1, 0.15) is 4.21 Å². The summed E-state index contributed by atoms with van der Waals surface area (Å²) in [6.07, 6.45) is 1.73. The van der Waals surface area contributed by atoms with Crippen molar-refractivity contribution in [3.8, 4) is 10.6 Å². The first kappa shape index (κ1) is 15.1. The third-order valence-corrected chi connectivity index (χ3v) is 7.91. The standard InChI is InChI=1S/C13H17N3O2S3/c1-9-15-11(8-19-9)12-4-5-13(20-12)21(17,18)16-6-2-3-10(16)7-14/h4-5,8,10H,2-3,6-7,14H2,1H3. The molecule has 1 saturated heterocycles. The molecule has 1 fully saturated rings. The zero-order chi connectivity index (χ0) is 15.0. The summed E-state index contributed by atoms with van der Waals surface area (Å²) in [5, 5.41) is 2.93. The number of nitrogens with zero attached hydrogens (tertiary/aromatic N) is 2. The van der Waals surface area contributed by atoms with Gasteiger partial charge in [0.2, 0.25) is 0 Å². The number of aromatic nitrogens is 1. The Balaban J connectivity index is 1.92. The van der Waals surface area contributed by atoms with Crippen molar-refractivity contribution in [1.29, 1.82) is 0 Å². The van der Waals surface area contributed by atoms with Gasteiger partial charge in [-0.05, 0) is 31.9 Å². The molecule has 0 radical (unpaired) electrons. The number of thiazole rings is 1. The molecule has 1 aliphatic heterocycles. The number of hydrogen-bond donors (Lipinski definition) is 1. The summed E-state index contributed by atoms with van der Waals surface area (Å²) in [4.78, 5) is 5.30. The smallest absolute Gasteiger partial charge is 0.252 e. The second-order valence-electron chi connectivity index (χ2n) is 5.02. The lowest BCUT2D eigenvalue weighted by Crippen LogP contribution is -2.39. The van der Waals surface area contributed by atoms with E-state index in [9.17, 15) is 8.42 Å². The van der Waals surface area contributed by atoms with E-state index in [2.05, 4.69) is 4.98 Å². The summed E-state index contributed by atoms with van der Waals surface area (Å²) >= 11 is 2.84. The molecular weight excluding hydrogens is 326 g/mol. The summed E-state index contributed by atoms with van der Waals surface area (Å²) in [5.41, 5.74) is 6.53. The van der Waals surface area contributed by atoms with E-state index in [0.29, 0.717) is 17.3 Å². The first-order valence-corrected chi connectivity index (χ1v) is 9.90. The Bertz CT molecular complexity index is 735. The van der Waals surface area contributed by atoms with Gasteiger partial charge >= 0.3 is 0 Å². The minimum atomic E-state index is -3.43. The highest BCUT2D eigenvalue weighted by molar-refractivity contribution is 7.91. The van der Waals surface area contributed by atoms with E-state index in [4.69, 9.17) is 5.73 Å². The van der Waals surface area contributed by atoms with Gasteiger partial charge in [-0.2, -0.15) is 4.31 Å². The largest absolute Gasteiger partial charge is 0.329 e. The van der Waals surface area contributed by atoms with E-state index in [1.54, 1.807) is 21.7 Å². The highest BCUT2D eigenvalue weighted by Gasteiger charge is 2.35. The molecule has 1 aliphatic rings. The molecule has 21 heavy (non-hydrogen) atoms. The quantitative estimate of drug-likeness (QED) is 0.924. The van der Waals surface area contributed by atoms with E-state index < -0.39 is 10.0 Å². The second-order valence-corrected chi connectivity index (χ2v) is 9.28. The first-order chi connectivity index (χ1) is 10.0. The van der Waals surface area contributed by atoms with Gasteiger partial charge in [-0.25, -0.2) is 13.4 Å². The predicted molar refractivity (Wildman–Crippen MR) is 86.1 cm³/mol. The Morgan fingerprint density at radius 1 is 1.48 bits per heavy atom. The Hall–Kier alpha value is -0.800. The first-order valence-electron chi connectivity index (χ1n) is 6.76. The van der Waals surface area contributed by atoms with Crippen molar-refractivity contribution in [1.82, 2.24) is 9.29 Å². The molecule has 2 N–H and O–H groups in total. The van der Waals surface area contributed by atoms with Crippen molar-refractivity contribution in [2.45, 2.75) is 30.0 Å². The van der Waals surface area contributed by atoms with Crippen molar-refractivity contribution < 1.29 is 8.42 Å². The lowest BCUT2D eigenvalue weighted by atomic mass is 10.2. The number of thiophene rings is 1. The monoisotopic (exact) mass is 343 g/mol. The maximum Gasteiger partial charge on any atom is 0.252 e.